The third-order valence-corrected chi connectivity index (χ3v) is 5.21. The van der Waals surface area contributed by atoms with E-state index in [1.165, 1.54) is 49.7 Å². The van der Waals surface area contributed by atoms with Gasteiger partial charge in [-0.2, -0.15) is 0 Å². The lowest BCUT2D eigenvalue weighted by atomic mass is 10.00. The molecule has 152 valence electrons. The molecule has 2 aromatic rings. The zero-order valence-corrected chi connectivity index (χ0v) is 17.4. The van der Waals surface area contributed by atoms with E-state index >= 15 is 0 Å². The van der Waals surface area contributed by atoms with Crippen molar-refractivity contribution in [1.82, 2.24) is 0 Å². The largest absolute Gasteiger partial charge is 0.209 e. The molecule has 0 saturated carbocycles. The van der Waals surface area contributed by atoms with Gasteiger partial charge in [0.1, 0.15) is 5.83 Å². The summed E-state index contributed by atoms with van der Waals surface area (Å²) in [5.41, 5.74) is 4.21. The Kier molecular flexibility index (Phi) is 9.96. The van der Waals surface area contributed by atoms with Crippen molar-refractivity contribution in [3.8, 4) is 0 Å². The molecule has 28 heavy (non-hydrogen) atoms. The average molecular weight is 385 g/mol. The van der Waals surface area contributed by atoms with Gasteiger partial charge >= 0.3 is 0 Å². The van der Waals surface area contributed by atoms with Crippen LogP contribution in [0.5, 0.6) is 0 Å². The lowest BCUT2D eigenvalue weighted by molar-refractivity contribution is 0.559. The summed E-state index contributed by atoms with van der Waals surface area (Å²) in [6, 6.07) is 16.1. The van der Waals surface area contributed by atoms with E-state index in [0.29, 0.717) is 12.0 Å². The highest BCUT2D eigenvalue weighted by Crippen LogP contribution is 2.24. The Labute approximate surface area is 169 Å². The normalized spacial score (nSPS) is 12.1. The molecule has 0 bridgehead atoms. The first-order valence-corrected chi connectivity index (χ1v) is 10.8. The van der Waals surface area contributed by atoms with Crippen LogP contribution >= 0.6 is 0 Å². The maximum atomic E-state index is 14.0. The Morgan fingerprint density at radius 3 is 1.64 bits per heavy atom. The Morgan fingerprint density at radius 2 is 1.11 bits per heavy atom. The van der Waals surface area contributed by atoms with Crippen molar-refractivity contribution in [2.75, 3.05) is 0 Å². The molecule has 0 amide bonds. The fourth-order valence-electron chi connectivity index (χ4n) is 3.40. The Bertz CT molecular complexity index is 711. The van der Waals surface area contributed by atoms with Gasteiger partial charge in [-0.15, -0.1) is 0 Å². The van der Waals surface area contributed by atoms with Crippen LogP contribution in [0.25, 0.3) is 5.83 Å². The molecule has 0 N–H and O–H groups in total. The number of unbranched alkanes of at least 4 members (excludes halogenated alkanes) is 4. The van der Waals surface area contributed by atoms with Crippen LogP contribution in [0.2, 0.25) is 0 Å². The predicted octanol–water partition coefficient (Wildman–Crippen LogP) is 8.39. The molecule has 0 aliphatic heterocycles. The minimum atomic E-state index is -0.723. The average Bonchev–Trinajstić information content (AvgIpc) is 2.73. The molecule has 0 saturated heterocycles. The van der Waals surface area contributed by atoms with Crippen LogP contribution in [-0.4, -0.2) is 0 Å². The smallest absolute Gasteiger partial charge is 0.161 e. The van der Waals surface area contributed by atoms with Crippen LogP contribution in [0.3, 0.4) is 0 Å². The number of benzene rings is 2. The number of allylic oxidation sites excluding steroid dienone is 1. The summed E-state index contributed by atoms with van der Waals surface area (Å²) in [7, 11) is 0. The number of hydrogen-bond acceptors (Lipinski definition) is 0. The standard InChI is InChI=1S/C26H34F2/c1-3-5-6-7-8-10-21-11-13-22(14-12-21)15-16-23-17-19-24(20-18-23)26(28)25(27)9-4-2/h11-14,17-20H,3-10,15-16H2,1-2H3/b26-25+. The highest BCUT2D eigenvalue weighted by Gasteiger charge is 2.08. The molecular weight excluding hydrogens is 350 g/mol. The van der Waals surface area contributed by atoms with E-state index in [9.17, 15) is 8.78 Å². The monoisotopic (exact) mass is 384 g/mol. The molecule has 0 aliphatic rings. The van der Waals surface area contributed by atoms with E-state index in [4.69, 9.17) is 0 Å². The lowest BCUT2D eigenvalue weighted by Gasteiger charge is -2.06. The maximum Gasteiger partial charge on any atom is 0.161 e. The van der Waals surface area contributed by atoms with Gasteiger partial charge in [0.2, 0.25) is 0 Å². The van der Waals surface area contributed by atoms with E-state index in [1.54, 1.807) is 12.1 Å². The van der Waals surface area contributed by atoms with Crippen LogP contribution in [0.15, 0.2) is 54.4 Å². The van der Waals surface area contributed by atoms with Crippen molar-refractivity contribution >= 4 is 5.83 Å². The summed E-state index contributed by atoms with van der Waals surface area (Å²) < 4.78 is 27.6. The first-order chi connectivity index (χ1) is 13.6. The summed E-state index contributed by atoms with van der Waals surface area (Å²) >= 11 is 0. The first kappa shape index (κ1) is 22.3. The molecular formula is C26H34F2. The van der Waals surface area contributed by atoms with Gasteiger partial charge in [-0.3, -0.25) is 0 Å². The van der Waals surface area contributed by atoms with Crippen LogP contribution in [0, 0.1) is 0 Å². The molecule has 0 unspecified atom stereocenters. The third kappa shape index (κ3) is 7.58. The number of aryl methyl sites for hydroxylation is 3. The van der Waals surface area contributed by atoms with E-state index in [-0.39, 0.29) is 6.42 Å². The van der Waals surface area contributed by atoms with Gasteiger partial charge in [0, 0.05) is 12.0 Å². The summed E-state index contributed by atoms with van der Waals surface area (Å²) in [6.07, 6.45) is 10.4. The SMILES string of the molecule is CCCCCCCc1ccc(CCc2ccc(/C(F)=C(\F)CCC)cc2)cc1. The summed E-state index contributed by atoms with van der Waals surface area (Å²) in [4.78, 5) is 0. The second-order valence-corrected chi connectivity index (χ2v) is 7.65. The molecule has 0 nitrogen and oxygen atoms in total. The summed E-state index contributed by atoms with van der Waals surface area (Å²) in [5, 5.41) is 0. The van der Waals surface area contributed by atoms with E-state index < -0.39 is 11.7 Å². The van der Waals surface area contributed by atoms with Gasteiger partial charge in [-0.25, -0.2) is 8.78 Å². The van der Waals surface area contributed by atoms with Crippen molar-refractivity contribution in [2.45, 2.75) is 78.1 Å². The fourth-order valence-corrected chi connectivity index (χ4v) is 3.40. The van der Waals surface area contributed by atoms with E-state index in [2.05, 4.69) is 31.2 Å². The van der Waals surface area contributed by atoms with Crippen LogP contribution in [0.1, 0.15) is 81.0 Å². The topological polar surface area (TPSA) is 0 Å². The molecule has 0 aliphatic carbocycles. The lowest BCUT2D eigenvalue weighted by Crippen LogP contribution is -1.93. The minimum absolute atomic E-state index is 0.155. The summed E-state index contributed by atoms with van der Waals surface area (Å²) in [5.74, 6) is -1.38. The molecule has 2 rings (SSSR count). The first-order valence-electron chi connectivity index (χ1n) is 10.8. The molecule has 0 heterocycles. The van der Waals surface area contributed by atoms with Gasteiger partial charge in [0.15, 0.2) is 5.83 Å². The van der Waals surface area contributed by atoms with Crippen molar-refractivity contribution < 1.29 is 8.78 Å². The molecule has 0 fully saturated rings. The van der Waals surface area contributed by atoms with Crippen molar-refractivity contribution in [2.24, 2.45) is 0 Å². The van der Waals surface area contributed by atoms with Crippen LogP contribution in [-0.2, 0) is 19.3 Å². The second-order valence-electron chi connectivity index (χ2n) is 7.65. The van der Waals surface area contributed by atoms with Gasteiger partial charge in [-0.1, -0.05) is 88.1 Å². The molecule has 0 spiro atoms. The number of rotatable bonds is 12. The Hall–Kier alpha value is -1.96. The van der Waals surface area contributed by atoms with Crippen molar-refractivity contribution in [1.29, 1.82) is 0 Å². The van der Waals surface area contributed by atoms with Gasteiger partial charge in [-0.05, 0) is 48.8 Å². The fraction of sp³-hybridized carbons (Fsp3) is 0.462. The van der Waals surface area contributed by atoms with Crippen LogP contribution < -0.4 is 0 Å². The molecule has 0 atom stereocenters. The summed E-state index contributed by atoms with van der Waals surface area (Å²) in [6.45, 7) is 4.09. The highest BCUT2D eigenvalue weighted by atomic mass is 19.2. The molecule has 2 heteroatoms. The predicted molar refractivity (Wildman–Crippen MR) is 117 cm³/mol. The number of halogens is 2. The van der Waals surface area contributed by atoms with Gasteiger partial charge < -0.3 is 0 Å². The Balaban J connectivity index is 1.81. The third-order valence-electron chi connectivity index (χ3n) is 5.21. The highest BCUT2D eigenvalue weighted by molar-refractivity contribution is 5.61. The van der Waals surface area contributed by atoms with E-state index in [1.807, 2.05) is 19.1 Å². The van der Waals surface area contributed by atoms with Crippen molar-refractivity contribution in [3.05, 3.63) is 76.6 Å². The van der Waals surface area contributed by atoms with Gasteiger partial charge in [0.05, 0.1) is 0 Å². The maximum absolute atomic E-state index is 14.0. The minimum Gasteiger partial charge on any atom is -0.209 e. The van der Waals surface area contributed by atoms with Crippen molar-refractivity contribution in [3.63, 3.8) is 0 Å². The zero-order valence-electron chi connectivity index (χ0n) is 17.4. The molecule has 2 aromatic carbocycles. The van der Waals surface area contributed by atoms with Gasteiger partial charge in [0.25, 0.3) is 0 Å². The zero-order chi connectivity index (χ0) is 20.2. The molecule has 0 aromatic heterocycles. The number of hydrogen-bond donors (Lipinski definition) is 0. The molecule has 0 radical (unpaired) electrons. The second kappa shape index (κ2) is 12.5. The van der Waals surface area contributed by atoms with E-state index in [0.717, 1.165) is 18.4 Å². The Morgan fingerprint density at radius 1 is 0.607 bits per heavy atom. The quantitative estimate of drug-likeness (QED) is 0.322. The van der Waals surface area contributed by atoms with Crippen LogP contribution in [0.4, 0.5) is 8.78 Å².